The molecule has 1 aromatic carbocycles. The summed E-state index contributed by atoms with van der Waals surface area (Å²) in [5.74, 6) is 1.36. The monoisotopic (exact) mass is 415 g/mol. The van der Waals surface area contributed by atoms with E-state index in [1.165, 1.54) is 36.6 Å². The largest absolute Gasteiger partial charge is 0.375 e. The summed E-state index contributed by atoms with van der Waals surface area (Å²) in [6, 6.07) is 8.40. The molecular formula is C21H29N5O2S. The lowest BCUT2D eigenvalue weighted by molar-refractivity contribution is -0.135. The maximum atomic E-state index is 12.7. The number of carbonyl (C=O) groups is 1. The molecule has 1 amide bonds. The predicted octanol–water partition coefficient (Wildman–Crippen LogP) is 2.91. The van der Waals surface area contributed by atoms with Crippen LogP contribution in [0.3, 0.4) is 0 Å². The Labute approximate surface area is 176 Å². The molecule has 0 radical (unpaired) electrons. The van der Waals surface area contributed by atoms with Gasteiger partial charge in [-0.15, -0.1) is 10.2 Å². The molecule has 2 saturated heterocycles. The maximum Gasteiger partial charge on any atom is 0.233 e. The second-order valence-electron chi connectivity index (χ2n) is 7.81. The van der Waals surface area contributed by atoms with E-state index < -0.39 is 0 Å². The average Bonchev–Trinajstić information content (AvgIpc) is 3.17. The normalized spacial score (nSPS) is 20.1. The van der Waals surface area contributed by atoms with Gasteiger partial charge in [0.25, 0.3) is 0 Å². The van der Waals surface area contributed by atoms with Gasteiger partial charge in [0.2, 0.25) is 11.9 Å². The molecule has 0 saturated carbocycles. The van der Waals surface area contributed by atoms with Crippen LogP contribution in [0.1, 0.15) is 31.7 Å². The maximum absolute atomic E-state index is 12.7. The van der Waals surface area contributed by atoms with E-state index in [2.05, 4.69) is 50.9 Å². The van der Waals surface area contributed by atoms with Crippen molar-refractivity contribution in [1.29, 1.82) is 0 Å². The van der Waals surface area contributed by atoms with Gasteiger partial charge in [0.05, 0.1) is 24.2 Å². The van der Waals surface area contributed by atoms with E-state index in [1.807, 2.05) is 11.8 Å². The van der Waals surface area contributed by atoms with E-state index in [1.54, 1.807) is 0 Å². The molecule has 1 unspecified atom stereocenters. The highest BCUT2D eigenvalue weighted by Gasteiger charge is 2.24. The lowest BCUT2D eigenvalue weighted by Gasteiger charge is -2.31. The Morgan fingerprint density at radius 3 is 2.62 bits per heavy atom. The molecule has 4 rings (SSSR count). The Kier molecular flexibility index (Phi) is 6.40. The van der Waals surface area contributed by atoms with Crippen LogP contribution in [-0.4, -0.2) is 70.2 Å². The predicted molar refractivity (Wildman–Crippen MR) is 115 cm³/mol. The van der Waals surface area contributed by atoms with Crippen LogP contribution >= 0.6 is 11.8 Å². The molecule has 0 aliphatic carbocycles. The van der Waals surface area contributed by atoms with Crippen molar-refractivity contribution in [2.75, 3.05) is 43.4 Å². The van der Waals surface area contributed by atoms with Gasteiger partial charge in [-0.3, -0.25) is 9.36 Å². The molecule has 2 aromatic rings. The first-order valence-electron chi connectivity index (χ1n) is 10.4. The molecule has 156 valence electrons. The molecule has 2 fully saturated rings. The van der Waals surface area contributed by atoms with Gasteiger partial charge in [0.1, 0.15) is 0 Å². The number of benzene rings is 1. The number of nitrogens with zero attached hydrogens (tertiary/aromatic N) is 5. The van der Waals surface area contributed by atoms with Crippen molar-refractivity contribution in [2.45, 2.75) is 44.4 Å². The molecule has 2 aliphatic heterocycles. The summed E-state index contributed by atoms with van der Waals surface area (Å²) in [5, 5.41) is 9.74. The van der Waals surface area contributed by atoms with E-state index in [4.69, 9.17) is 4.74 Å². The van der Waals surface area contributed by atoms with Crippen LogP contribution < -0.4 is 4.90 Å². The Balaban J connectivity index is 1.55. The highest BCUT2D eigenvalue weighted by molar-refractivity contribution is 7.99. The molecule has 1 aromatic heterocycles. The second kappa shape index (κ2) is 9.17. The zero-order valence-electron chi connectivity index (χ0n) is 17.2. The molecule has 1 atom stereocenters. The van der Waals surface area contributed by atoms with Crippen molar-refractivity contribution in [2.24, 2.45) is 0 Å². The van der Waals surface area contributed by atoms with Gasteiger partial charge < -0.3 is 14.5 Å². The number of hydrogen-bond donors (Lipinski definition) is 0. The summed E-state index contributed by atoms with van der Waals surface area (Å²) in [7, 11) is 0. The lowest BCUT2D eigenvalue weighted by atomic mass is 10.1. The van der Waals surface area contributed by atoms with Gasteiger partial charge in [-0.1, -0.05) is 29.5 Å². The molecule has 2 aliphatic rings. The van der Waals surface area contributed by atoms with Crippen molar-refractivity contribution in [3.63, 3.8) is 0 Å². The van der Waals surface area contributed by atoms with Crippen LogP contribution in [0.5, 0.6) is 0 Å². The number of aryl methyl sites for hydroxylation is 1. The lowest BCUT2D eigenvalue weighted by Crippen LogP contribution is -2.45. The molecule has 7 nitrogen and oxygen atoms in total. The van der Waals surface area contributed by atoms with Gasteiger partial charge in [0, 0.05) is 26.2 Å². The van der Waals surface area contributed by atoms with Crippen LogP contribution in [0.4, 0.5) is 5.95 Å². The van der Waals surface area contributed by atoms with Gasteiger partial charge >= 0.3 is 0 Å². The molecule has 8 heteroatoms. The topological polar surface area (TPSA) is 63.5 Å². The number of amides is 1. The van der Waals surface area contributed by atoms with E-state index in [-0.39, 0.29) is 12.0 Å². The quantitative estimate of drug-likeness (QED) is 0.700. The Morgan fingerprint density at radius 2 is 1.90 bits per heavy atom. The van der Waals surface area contributed by atoms with E-state index >= 15 is 0 Å². The number of ether oxygens (including phenoxy) is 1. The number of carbonyl (C=O) groups excluding carboxylic acids is 1. The van der Waals surface area contributed by atoms with E-state index in [9.17, 15) is 4.79 Å². The number of anilines is 1. The first kappa shape index (κ1) is 20.2. The standard InChI is InChI=1S/C21H29N5O2S/c1-16-6-8-18(9-7-16)26-20(24-10-4-3-5-11-24)22-23-21(26)29-15-19(27)25-12-13-28-17(2)14-25/h6-9,17H,3-5,10-15H2,1-2H3. The highest BCUT2D eigenvalue weighted by atomic mass is 32.2. The zero-order valence-corrected chi connectivity index (χ0v) is 18.0. The molecule has 3 heterocycles. The fraction of sp³-hybridized carbons (Fsp3) is 0.571. The number of morpholine rings is 1. The van der Waals surface area contributed by atoms with Crippen molar-refractivity contribution < 1.29 is 9.53 Å². The van der Waals surface area contributed by atoms with Gasteiger partial charge in [-0.25, -0.2) is 0 Å². The Bertz CT molecular complexity index is 832. The summed E-state index contributed by atoms with van der Waals surface area (Å²) in [4.78, 5) is 16.9. The number of hydrogen-bond acceptors (Lipinski definition) is 6. The minimum Gasteiger partial charge on any atom is -0.375 e. The molecule has 29 heavy (non-hydrogen) atoms. The van der Waals surface area contributed by atoms with Crippen molar-refractivity contribution >= 4 is 23.6 Å². The second-order valence-corrected chi connectivity index (χ2v) is 8.75. The van der Waals surface area contributed by atoms with Gasteiger partial charge in [-0.2, -0.15) is 0 Å². The van der Waals surface area contributed by atoms with Crippen LogP contribution in [0.25, 0.3) is 5.69 Å². The summed E-state index contributed by atoms with van der Waals surface area (Å²) in [6.07, 6.45) is 3.72. The number of aromatic nitrogens is 3. The SMILES string of the molecule is Cc1ccc(-n2c(SCC(=O)N3CCOC(C)C3)nnc2N2CCCCC2)cc1. The third-order valence-corrected chi connectivity index (χ3v) is 6.38. The summed E-state index contributed by atoms with van der Waals surface area (Å²) in [5.41, 5.74) is 2.25. The van der Waals surface area contributed by atoms with Gasteiger partial charge in [-0.05, 0) is 45.2 Å². The summed E-state index contributed by atoms with van der Waals surface area (Å²) in [6.45, 7) is 8.01. The van der Waals surface area contributed by atoms with E-state index in [0.29, 0.717) is 25.4 Å². The molecule has 0 spiro atoms. The number of piperidine rings is 1. The van der Waals surface area contributed by atoms with Crippen molar-refractivity contribution in [3.05, 3.63) is 29.8 Å². The first-order chi connectivity index (χ1) is 14.1. The van der Waals surface area contributed by atoms with Crippen LogP contribution in [0.15, 0.2) is 29.4 Å². The minimum atomic E-state index is 0.0969. The fourth-order valence-corrected chi connectivity index (χ4v) is 4.69. The summed E-state index contributed by atoms with van der Waals surface area (Å²) >= 11 is 1.46. The Morgan fingerprint density at radius 1 is 1.14 bits per heavy atom. The zero-order chi connectivity index (χ0) is 20.2. The first-order valence-corrected chi connectivity index (χ1v) is 11.4. The number of thioether (sulfide) groups is 1. The third-order valence-electron chi connectivity index (χ3n) is 5.47. The van der Waals surface area contributed by atoms with Crippen LogP contribution in [-0.2, 0) is 9.53 Å². The Hall–Kier alpha value is -2.06. The third kappa shape index (κ3) is 4.75. The number of rotatable bonds is 5. The van der Waals surface area contributed by atoms with Crippen molar-refractivity contribution in [3.8, 4) is 5.69 Å². The van der Waals surface area contributed by atoms with Crippen LogP contribution in [0, 0.1) is 6.92 Å². The van der Waals surface area contributed by atoms with Crippen LogP contribution in [0.2, 0.25) is 0 Å². The minimum absolute atomic E-state index is 0.0969. The van der Waals surface area contributed by atoms with Crippen molar-refractivity contribution in [1.82, 2.24) is 19.7 Å². The molecule has 0 N–H and O–H groups in total. The van der Waals surface area contributed by atoms with E-state index in [0.717, 1.165) is 29.9 Å². The average molecular weight is 416 g/mol. The summed E-state index contributed by atoms with van der Waals surface area (Å²) < 4.78 is 7.65. The molecule has 0 bridgehead atoms. The van der Waals surface area contributed by atoms with Gasteiger partial charge in [0.15, 0.2) is 5.16 Å². The smallest absolute Gasteiger partial charge is 0.233 e. The fourth-order valence-electron chi connectivity index (χ4n) is 3.84. The highest BCUT2D eigenvalue weighted by Crippen LogP contribution is 2.28. The molecular weight excluding hydrogens is 386 g/mol.